The van der Waals surface area contributed by atoms with Gasteiger partial charge in [-0.3, -0.25) is 4.79 Å². The van der Waals surface area contributed by atoms with Crippen LogP contribution < -0.4 is 10.1 Å². The van der Waals surface area contributed by atoms with Gasteiger partial charge < -0.3 is 14.6 Å². The first-order valence-electron chi connectivity index (χ1n) is 8.40. The van der Waals surface area contributed by atoms with E-state index in [4.69, 9.17) is 9.26 Å². The van der Waals surface area contributed by atoms with E-state index >= 15 is 0 Å². The lowest BCUT2D eigenvalue weighted by Gasteiger charge is -2.07. The minimum Gasteiger partial charge on any atom is -0.497 e. The maximum absolute atomic E-state index is 12.4. The van der Waals surface area contributed by atoms with Crippen molar-refractivity contribution < 1.29 is 14.1 Å². The summed E-state index contributed by atoms with van der Waals surface area (Å²) in [6.07, 6.45) is 0.735. The van der Waals surface area contributed by atoms with Crippen LogP contribution in [-0.4, -0.2) is 29.7 Å². The average Bonchev–Trinajstić information content (AvgIpc) is 3.00. The van der Waals surface area contributed by atoms with Gasteiger partial charge in [-0.1, -0.05) is 23.4 Å². The van der Waals surface area contributed by atoms with Crippen molar-refractivity contribution >= 4 is 5.91 Å². The first-order valence-corrected chi connectivity index (χ1v) is 8.40. The van der Waals surface area contributed by atoms with E-state index in [1.54, 1.807) is 13.2 Å². The third-order valence-corrected chi connectivity index (χ3v) is 4.13. The van der Waals surface area contributed by atoms with Gasteiger partial charge in [-0.15, -0.1) is 0 Å². The number of amides is 1. The van der Waals surface area contributed by atoms with Crippen LogP contribution >= 0.6 is 0 Å². The van der Waals surface area contributed by atoms with Crippen LogP contribution in [0.15, 0.2) is 47.0 Å². The number of ether oxygens (including phenoxy) is 1. The fourth-order valence-electron chi connectivity index (χ4n) is 2.75. The molecule has 1 amide bonds. The van der Waals surface area contributed by atoms with E-state index in [9.17, 15) is 4.79 Å². The van der Waals surface area contributed by atoms with Gasteiger partial charge in [-0.2, -0.15) is 0 Å². The normalized spacial score (nSPS) is 10.6. The number of hydrogen-bond donors (Lipinski definition) is 1. The van der Waals surface area contributed by atoms with E-state index in [-0.39, 0.29) is 5.91 Å². The minimum atomic E-state index is -0.202. The molecule has 0 bridgehead atoms. The summed E-state index contributed by atoms with van der Waals surface area (Å²) in [5.41, 5.74) is 3.77. The highest BCUT2D eigenvalue weighted by Crippen LogP contribution is 2.25. The number of carbonyl (C=O) groups excluding carboxylic acids is 1. The highest BCUT2D eigenvalue weighted by Gasteiger charge is 2.15. The maximum Gasteiger partial charge on any atom is 0.269 e. The molecule has 2 heterocycles. The van der Waals surface area contributed by atoms with Gasteiger partial charge in [0.1, 0.15) is 17.2 Å². The van der Waals surface area contributed by atoms with Crippen molar-refractivity contribution in [1.82, 2.24) is 15.5 Å². The third kappa shape index (κ3) is 3.91. The Morgan fingerprint density at radius 3 is 2.58 bits per heavy atom. The predicted molar refractivity (Wildman–Crippen MR) is 98.2 cm³/mol. The zero-order valence-electron chi connectivity index (χ0n) is 15.1. The molecule has 3 aromatic rings. The molecule has 0 fully saturated rings. The van der Waals surface area contributed by atoms with Crippen molar-refractivity contribution in [2.45, 2.75) is 20.3 Å². The summed E-state index contributed by atoms with van der Waals surface area (Å²) in [7, 11) is 1.64. The van der Waals surface area contributed by atoms with E-state index in [2.05, 4.69) is 15.5 Å². The quantitative estimate of drug-likeness (QED) is 0.737. The molecule has 0 aliphatic carbocycles. The Bertz CT molecular complexity index is 881. The second-order valence-corrected chi connectivity index (χ2v) is 5.96. The van der Waals surface area contributed by atoms with Crippen LogP contribution in [0.3, 0.4) is 0 Å². The van der Waals surface area contributed by atoms with Crippen molar-refractivity contribution in [2.24, 2.45) is 0 Å². The van der Waals surface area contributed by atoms with Crippen LogP contribution in [0.5, 0.6) is 5.75 Å². The fraction of sp³-hybridized carbons (Fsp3) is 0.250. The summed E-state index contributed by atoms with van der Waals surface area (Å²) < 4.78 is 10.3. The number of pyridine rings is 1. The van der Waals surface area contributed by atoms with Crippen LogP contribution in [0.4, 0.5) is 0 Å². The summed E-state index contributed by atoms with van der Waals surface area (Å²) in [6, 6.07) is 13.2. The standard InChI is InChI=1S/C20H21N3O3/c1-13-19(14(2)26-23-13)17-5-4-6-18(22-17)20(24)21-12-11-15-7-9-16(25-3)10-8-15/h4-10H,11-12H2,1-3H3,(H,21,24). The topological polar surface area (TPSA) is 77.2 Å². The molecule has 2 aromatic heterocycles. The second kappa shape index (κ2) is 7.82. The number of nitrogens with zero attached hydrogens (tertiary/aromatic N) is 2. The molecule has 0 spiro atoms. The molecule has 1 N–H and O–H groups in total. The summed E-state index contributed by atoms with van der Waals surface area (Å²) in [5.74, 6) is 1.30. The zero-order chi connectivity index (χ0) is 18.5. The van der Waals surface area contributed by atoms with Gasteiger partial charge in [0.25, 0.3) is 5.91 Å². The van der Waals surface area contributed by atoms with Crippen molar-refractivity contribution in [2.75, 3.05) is 13.7 Å². The molecule has 6 heteroatoms. The molecule has 0 saturated carbocycles. The Balaban J connectivity index is 1.64. The molecule has 0 aliphatic heterocycles. The molecule has 0 atom stereocenters. The molecule has 26 heavy (non-hydrogen) atoms. The Morgan fingerprint density at radius 1 is 1.15 bits per heavy atom. The van der Waals surface area contributed by atoms with E-state index in [0.717, 1.165) is 29.0 Å². The zero-order valence-corrected chi connectivity index (χ0v) is 15.1. The smallest absolute Gasteiger partial charge is 0.269 e. The van der Waals surface area contributed by atoms with Gasteiger partial charge in [-0.25, -0.2) is 4.98 Å². The predicted octanol–water partition coefficient (Wildman–Crippen LogP) is 3.33. The lowest BCUT2D eigenvalue weighted by Crippen LogP contribution is -2.26. The molecule has 1 aromatic carbocycles. The summed E-state index contributed by atoms with van der Waals surface area (Å²) in [4.78, 5) is 16.9. The lowest BCUT2D eigenvalue weighted by molar-refractivity contribution is 0.0949. The van der Waals surface area contributed by atoms with Crippen molar-refractivity contribution in [1.29, 1.82) is 0 Å². The van der Waals surface area contributed by atoms with Gasteiger partial charge in [0.2, 0.25) is 0 Å². The Morgan fingerprint density at radius 2 is 1.92 bits per heavy atom. The van der Waals surface area contributed by atoms with Gasteiger partial charge in [-0.05, 0) is 50.1 Å². The largest absolute Gasteiger partial charge is 0.497 e. The first kappa shape index (κ1) is 17.7. The molecule has 0 aliphatic rings. The van der Waals surface area contributed by atoms with Crippen LogP contribution in [0.2, 0.25) is 0 Å². The number of rotatable bonds is 6. The number of aromatic nitrogens is 2. The third-order valence-electron chi connectivity index (χ3n) is 4.13. The molecule has 0 unspecified atom stereocenters. The summed E-state index contributed by atoms with van der Waals surface area (Å²) in [5, 5.41) is 6.84. The molecule has 134 valence electrons. The molecule has 3 rings (SSSR count). The Hall–Kier alpha value is -3.15. The highest BCUT2D eigenvalue weighted by atomic mass is 16.5. The van der Waals surface area contributed by atoms with Gasteiger partial charge >= 0.3 is 0 Å². The first-order chi connectivity index (χ1) is 12.6. The Labute approximate surface area is 152 Å². The summed E-state index contributed by atoms with van der Waals surface area (Å²) >= 11 is 0. The number of benzene rings is 1. The number of hydrogen-bond acceptors (Lipinski definition) is 5. The number of carbonyl (C=O) groups is 1. The maximum atomic E-state index is 12.4. The van der Waals surface area contributed by atoms with E-state index in [1.807, 2.05) is 50.2 Å². The van der Waals surface area contributed by atoms with E-state index in [0.29, 0.717) is 23.7 Å². The molecular formula is C20H21N3O3. The fourth-order valence-corrected chi connectivity index (χ4v) is 2.75. The molecule has 6 nitrogen and oxygen atoms in total. The minimum absolute atomic E-state index is 0.202. The van der Waals surface area contributed by atoms with Crippen molar-refractivity contribution in [3.8, 4) is 17.0 Å². The van der Waals surface area contributed by atoms with Crippen LogP contribution in [0.25, 0.3) is 11.3 Å². The second-order valence-electron chi connectivity index (χ2n) is 5.96. The summed E-state index contributed by atoms with van der Waals surface area (Å²) in [6.45, 7) is 4.22. The number of nitrogens with one attached hydrogen (secondary N) is 1. The average molecular weight is 351 g/mol. The molecule has 0 saturated heterocycles. The Kier molecular flexibility index (Phi) is 5.31. The van der Waals surface area contributed by atoms with Gasteiger partial charge in [0, 0.05) is 6.54 Å². The lowest BCUT2D eigenvalue weighted by atomic mass is 10.1. The van der Waals surface area contributed by atoms with E-state index in [1.165, 1.54) is 0 Å². The van der Waals surface area contributed by atoms with Crippen molar-refractivity contribution in [3.63, 3.8) is 0 Å². The van der Waals surface area contributed by atoms with Crippen LogP contribution in [0, 0.1) is 13.8 Å². The number of methoxy groups -OCH3 is 1. The van der Waals surface area contributed by atoms with Gasteiger partial charge in [0.05, 0.1) is 24.1 Å². The van der Waals surface area contributed by atoms with Crippen LogP contribution in [-0.2, 0) is 6.42 Å². The van der Waals surface area contributed by atoms with E-state index < -0.39 is 0 Å². The van der Waals surface area contributed by atoms with Crippen molar-refractivity contribution in [3.05, 3.63) is 65.2 Å². The highest BCUT2D eigenvalue weighted by molar-refractivity contribution is 5.92. The molecule has 0 radical (unpaired) electrons. The SMILES string of the molecule is COc1ccc(CCNC(=O)c2cccc(-c3c(C)noc3C)n2)cc1. The number of aryl methyl sites for hydroxylation is 2. The monoisotopic (exact) mass is 351 g/mol. The van der Waals surface area contributed by atoms with Gasteiger partial charge in [0.15, 0.2) is 0 Å². The van der Waals surface area contributed by atoms with Crippen LogP contribution in [0.1, 0.15) is 27.5 Å². The molecular weight excluding hydrogens is 330 g/mol.